The van der Waals surface area contributed by atoms with Gasteiger partial charge < -0.3 is 65.0 Å². The molecule has 25 heteroatoms. The van der Waals surface area contributed by atoms with Crippen LogP contribution in [0.4, 0.5) is 4.39 Å². The molecule has 0 aromatic heterocycles. The summed E-state index contributed by atoms with van der Waals surface area (Å²) >= 11 is 28.0. The van der Waals surface area contributed by atoms with E-state index in [9.17, 15) is 4.39 Å². The summed E-state index contributed by atoms with van der Waals surface area (Å²) in [6, 6.07) is 24.5. The van der Waals surface area contributed by atoms with Crippen molar-refractivity contribution in [3.8, 4) is 5.75 Å². The number of hydrogen-bond donors (Lipinski definition) is 12. The molecule has 0 aliphatic rings. The molecule has 0 bridgehead atoms. The van der Waals surface area contributed by atoms with Gasteiger partial charge in [-0.1, -0.05) is 94.4 Å². The fourth-order valence-corrected chi connectivity index (χ4v) is 4.99. The molecule has 5 aromatic rings. The third kappa shape index (κ3) is 22.5. The normalized spacial score (nSPS) is 9.47. The van der Waals surface area contributed by atoms with Crippen LogP contribution in [0.1, 0.15) is 11.1 Å². The van der Waals surface area contributed by atoms with Crippen LogP contribution in [-0.4, -0.2) is 111 Å². The van der Waals surface area contributed by atoms with E-state index in [4.69, 9.17) is 123 Å². The number of rotatable bonds is 6. The van der Waals surface area contributed by atoms with E-state index >= 15 is 0 Å². The fraction of sp³-hybridized carbons (Fsp3) is 0.0909. The third-order valence-electron chi connectivity index (χ3n) is 6.72. The second-order valence-corrected chi connectivity index (χ2v) is 13.3. The van der Waals surface area contributed by atoms with Gasteiger partial charge >= 0.3 is 43.3 Å². The van der Waals surface area contributed by atoms with Crippen molar-refractivity contribution in [3.05, 3.63) is 139 Å². The van der Waals surface area contributed by atoms with Crippen molar-refractivity contribution >= 4 is 129 Å². The van der Waals surface area contributed by atoms with E-state index in [1.807, 2.05) is 13.8 Å². The van der Waals surface area contributed by atoms with E-state index in [-0.39, 0.29) is 23.6 Å². The Morgan fingerprint density at radius 2 is 0.966 bits per heavy atom. The largest absolute Gasteiger partial charge is 0.497 e. The van der Waals surface area contributed by atoms with E-state index in [0.29, 0.717) is 42.2 Å². The molecule has 0 aliphatic carbocycles. The standard InChI is InChI=1S/C7H8BClO3.2C7H8BClO2.C6H5BClFO2.C6H6BClO2.BH2O2/c1-12-7-3-2-5(9)4-6(7)8(10)11;1-5-2-6(8(10)11)4-7(9)3-5;1-5-2-3-6(8(10)11)4-7(5)9;8-5-3-4(7(10)11)1-2-6(5)9;8-6-3-1-2-5(4-6)7(9)10;2-1-3/h2-4,10-11H,1H3;2*2-4,10-11H,1H3;1-3,10-11H;1-4,9-10H;2-3H. The summed E-state index contributed by atoms with van der Waals surface area (Å²) in [6.07, 6.45) is 0. The minimum Gasteiger partial charge on any atom is -0.497 e. The Morgan fingerprint density at radius 3 is 1.38 bits per heavy atom. The minimum atomic E-state index is -1.60. The summed E-state index contributed by atoms with van der Waals surface area (Å²) in [5, 5.41) is 103. The lowest BCUT2D eigenvalue weighted by molar-refractivity contribution is 0.403. The van der Waals surface area contributed by atoms with Crippen molar-refractivity contribution in [2.24, 2.45) is 0 Å². The molecule has 0 atom stereocenters. The average molecular weight is 903 g/mol. The Hall–Kier alpha value is -2.81. The van der Waals surface area contributed by atoms with Gasteiger partial charge in [0.15, 0.2) is 0 Å². The first kappa shape index (κ1) is 55.2. The second kappa shape index (κ2) is 29.4. The number of ether oxygens (including phenoxy) is 1. The molecule has 13 nitrogen and oxygen atoms in total. The molecule has 0 amide bonds. The van der Waals surface area contributed by atoms with Crippen molar-refractivity contribution < 1.29 is 69.4 Å². The average Bonchev–Trinajstić information content (AvgIpc) is 3.14. The van der Waals surface area contributed by atoms with Crippen molar-refractivity contribution in [2.45, 2.75) is 13.8 Å². The zero-order chi connectivity index (χ0) is 44.7. The zero-order valence-electron chi connectivity index (χ0n) is 30.7. The van der Waals surface area contributed by atoms with Gasteiger partial charge in [0, 0.05) is 25.6 Å². The van der Waals surface area contributed by atoms with Gasteiger partial charge in [0.05, 0.1) is 12.1 Å². The Balaban J connectivity index is 0.000000688. The lowest BCUT2D eigenvalue weighted by Gasteiger charge is -2.06. The maximum Gasteiger partial charge on any atom is 0.492 e. The highest BCUT2D eigenvalue weighted by Crippen LogP contribution is 2.14. The van der Waals surface area contributed by atoms with E-state index in [2.05, 4.69) is 0 Å². The highest BCUT2D eigenvalue weighted by molar-refractivity contribution is 6.61. The maximum absolute atomic E-state index is 12.5. The van der Waals surface area contributed by atoms with Gasteiger partial charge in [-0.25, -0.2) is 4.39 Å². The lowest BCUT2D eigenvalue weighted by Crippen LogP contribution is -2.31. The fourth-order valence-electron chi connectivity index (χ4n) is 3.93. The van der Waals surface area contributed by atoms with Crippen LogP contribution in [0.15, 0.2) is 97.1 Å². The topological polar surface area (TPSA) is 252 Å². The van der Waals surface area contributed by atoms with Gasteiger partial charge in [-0.15, -0.1) is 0 Å². The van der Waals surface area contributed by atoms with Gasteiger partial charge in [-0.05, 0) is 107 Å². The number of halogens is 6. The predicted octanol–water partition coefficient (Wildman–Crippen LogP) is -0.631. The van der Waals surface area contributed by atoms with Crippen molar-refractivity contribution in [3.63, 3.8) is 0 Å². The number of aryl methyl sites for hydroxylation is 2. The van der Waals surface area contributed by atoms with Crippen LogP contribution in [0, 0.1) is 19.7 Å². The van der Waals surface area contributed by atoms with Crippen LogP contribution in [0.3, 0.4) is 0 Å². The van der Waals surface area contributed by atoms with Gasteiger partial charge in [-0.3, -0.25) is 0 Å². The van der Waals surface area contributed by atoms with Crippen LogP contribution >= 0.6 is 58.0 Å². The molecule has 0 unspecified atom stereocenters. The number of hydrogen-bond acceptors (Lipinski definition) is 13. The minimum absolute atomic E-state index is 0. The summed E-state index contributed by atoms with van der Waals surface area (Å²) in [5.74, 6) is -0.162. The Bertz CT molecular complexity index is 1880. The van der Waals surface area contributed by atoms with Crippen LogP contribution < -0.4 is 32.1 Å². The van der Waals surface area contributed by atoms with Crippen LogP contribution in [-0.2, 0) is 0 Å². The molecule has 307 valence electrons. The molecule has 58 heavy (non-hydrogen) atoms. The maximum atomic E-state index is 12.5. The van der Waals surface area contributed by atoms with E-state index in [1.165, 1.54) is 37.4 Å². The Kier molecular flexibility index (Phi) is 28.0. The lowest BCUT2D eigenvalue weighted by atomic mass is 9.79. The number of benzene rings is 5. The highest BCUT2D eigenvalue weighted by Gasteiger charge is 2.17. The van der Waals surface area contributed by atoms with E-state index in [1.54, 1.807) is 60.7 Å². The van der Waals surface area contributed by atoms with E-state index < -0.39 is 41.4 Å². The molecule has 0 fully saturated rings. The van der Waals surface area contributed by atoms with Crippen molar-refractivity contribution in [2.75, 3.05) is 7.11 Å². The molecular formula is C33H37B6Cl5FO13. The SMILES string of the molecule is COc1ccc(Cl)cc1B(O)O.Cc1cc(Cl)cc(B(O)O)c1.Cc1ccc(B(O)O)cc1Cl.OB(O)c1ccc(F)c(Cl)c1.OB(O)c1cccc(Cl)c1.O[B]O. The smallest absolute Gasteiger partial charge is 0.492 e. The molecule has 0 saturated heterocycles. The zero-order valence-corrected chi connectivity index (χ0v) is 34.5. The Morgan fingerprint density at radius 1 is 0.500 bits per heavy atom. The molecule has 5 aromatic carbocycles. The highest BCUT2D eigenvalue weighted by atomic mass is 35.5. The van der Waals surface area contributed by atoms with E-state index in [0.717, 1.165) is 17.2 Å². The molecule has 0 heterocycles. The molecular weight excluding hydrogens is 865 g/mol. The monoisotopic (exact) mass is 901 g/mol. The summed E-state index contributed by atoms with van der Waals surface area (Å²) in [4.78, 5) is 0. The summed E-state index contributed by atoms with van der Waals surface area (Å²) < 4.78 is 17.3. The first-order valence-corrected chi connectivity index (χ1v) is 17.9. The quantitative estimate of drug-likeness (QED) is 0.0951. The Labute approximate surface area is 362 Å². The number of methoxy groups -OCH3 is 1. The third-order valence-corrected chi connectivity index (χ3v) is 8.10. The van der Waals surface area contributed by atoms with Gasteiger partial charge in [0.25, 0.3) is 0 Å². The molecule has 0 saturated carbocycles. The van der Waals surface area contributed by atoms with Gasteiger partial charge in [-0.2, -0.15) is 0 Å². The summed E-state index contributed by atoms with van der Waals surface area (Å²) in [6.45, 7) is 3.70. The van der Waals surface area contributed by atoms with Crippen molar-refractivity contribution in [1.82, 2.24) is 0 Å². The summed E-state index contributed by atoms with van der Waals surface area (Å²) in [7, 11) is -6.01. The van der Waals surface area contributed by atoms with Crippen molar-refractivity contribution in [1.29, 1.82) is 0 Å². The first-order valence-electron chi connectivity index (χ1n) is 16.1. The van der Waals surface area contributed by atoms with Crippen LogP contribution in [0.25, 0.3) is 0 Å². The van der Waals surface area contributed by atoms with Gasteiger partial charge in [0.2, 0.25) is 0 Å². The molecule has 1 radical (unpaired) electrons. The second-order valence-electron chi connectivity index (χ2n) is 11.2. The molecule has 12 N–H and O–H groups in total. The van der Waals surface area contributed by atoms with Gasteiger partial charge in [0.1, 0.15) is 11.6 Å². The predicted molar refractivity (Wildman–Crippen MR) is 233 cm³/mol. The van der Waals surface area contributed by atoms with Crippen LogP contribution in [0.2, 0.25) is 25.1 Å². The first-order chi connectivity index (χ1) is 27.1. The molecule has 0 spiro atoms. The van der Waals surface area contributed by atoms with Crippen LogP contribution in [0.5, 0.6) is 5.75 Å². The molecule has 5 rings (SSSR count). The summed E-state index contributed by atoms with van der Waals surface area (Å²) in [5.41, 5.74) is 3.54. The molecule has 0 aliphatic heterocycles.